The molecule has 3 aromatic heterocycles. The fourth-order valence-electron chi connectivity index (χ4n) is 8.04. The summed E-state index contributed by atoms with van der Waals surface area (Å²) in [6.07, 6.45) is -0.619. The molecule has 10 aromatic rings. The van der Waals surface area contributed by atoms with Gasteiger partial charge in [0.1, 0.15) is 22.8 Å². The third-order valence-corrected chi connectivity index (χ3v) is 10.1. The lowest BCUT2D eigenvalue weighted by atomic mass is 10.0. The van der Waals surface area contributed by atoms with Gasteiger partial charge in [0.15, 0.2) is 0 Å². The molecule has 4 heterocycles. The molecule has 0 fully saturated rings. The summed E-state index contributed by atoms with van der Waals surface area (Å²) < 4.78 is 11.7. The van der Waals surface area contributed by atoms with E-state index >= 15 is 0 Å². The quantitative estimate of drug-likeness (QED) is 0.205. The summed E-state index contributed by atoms with van der Waals surface area (Å²) in [5.74, 6) is 1.54. The number of aromatic nitrogens is 2. The van der Waals surface area contributed by atoms with Gasteiger partial charge in [-0.25, -0.2) is 9.98 Å². The molecular formula is C45H29N5O. The lowest BCUT2D eigenvalue weighted by molar-refractivity contribution is 0.576. The minimum absolute atomic E-state index is 0.619. The Morgan fingerprint density at radius 2 is 1.00 bits per heavy atom. The molecule has 6 heteroatoms. The van der Waals surface area contributed by atoms with Crippen molar-refractivity contribution in [3.8, 4) is 5.69 Å². The number of furan rings is 1. The molecule has 0 radical (unpaired) electrons. The van der Waals surface area contributed by atoms with Gasteiger partial charge in [0.25, 0.3) is 0 Å². The van der Waals surface area contributed by atoms with Gasteiger partial charge in [-0.1, -0.05) is 133 Å². The van der Waals surface area contributed by atoms with E-state index in [1.165, 1.54) is 5.39 Å². The van der Waals surface area contributed by atoms with Crippen molar-refractivity contribution in [2.24, 2.45) is 9.98 Å². The Morgan fingerprint density at radius 3 is 1.67 bits per heavy atom. The fourth-order valence-corrected chi connectivity index (χ4v) is 8.04. The number of benzene rings is 7. The topological polar surface area (TPSA) is 59.8 Å². The molecule has 0 aliphatic carbocycles. The number of hydrogen-bond donors (Lipinski definition) is 1. The third-order valence-electron chi connectivity index (χ3n) is 10.1. The van der Waals surface area contributed by atoms with E-state index in [-0.39, 0.29) is 0 Å². The van der Waals surface area contributed by atoms with Crippen molar-refractivity contribution in [1.29, 1.82) is 0 Å². The zero-order chi connectivity index (χ0) is 33.5. The van der Waals surface area contributed by atoms with Gasteiger partial charge < -0.3 is 14.3 Å². The van der Waals surface area contributed by atoms with Crippen molar-refractivity contribution in [1.82, 2.24) is 14.5 Å². The number of para-hydroxylation sites is 4. The molecular weight excluding hydrogens is 627 g/mol. The monoisotopic (exact) mass is 655 g/mol. The number of amidine groups is 2. The molecule has 0 bridgehead atoms. The second-order valence-electron chi connectivity index (χ2n) is 13.0. The first-order valence-corrected chi connectivity index (χ1v) is 17.2. The van der Waals surface area contributed by atoms with Crippen LogP contribution in [-0.4, -0.2) is 20.8 Å². The average Bonchev–Trinajstić information content (AvgIpc) is 3.87. The van der Waals surface area contributed by atoms with Gasteiger partial charge in [-0.2, -0.15) is 0 Å². The van der Waals surface area contributed by atoms with Crippen molar-refractivity contribution in [2.45, 2.75) is 6.29 Å². The zero-order valence-electron chi connectivity index (χ0n) is 27.4. The van der Waals surface area contributed by atoms with Crippen molar-refractivity contribution in [3.05, 3.63) is 175 Å². The summed E-state index contributed by atoms with van der Waals surface area (Å²) in [6, 6.07) is 56.9. The molecule has 240 valence electrons. The number of fused-ring (bicyclic) bond motifs is 12. The van der Waals surface area contributed by atoms with Crippen molar-refractivity contribution < 1.29 is 4.42 Å². The minimum Gasteiger partial charge on any atom is -0.455 e. The van der Waals surface area contributed by atoms with E-state index < -0.39 is 6.29 Å². The second-order valence-corrected chi connectivity index (χ2v) is 13.0. The first-order valence-electron chi connectivity index (χ1n) is 17.2. The van der Waals surface area contributed by atoms with E-state index in [1.807, 2.05) is 42.5 Å². The lowest BCUT2D eigenvalue weighted by Gasteiger charge is -2.24. The highest BCUT2D eigenvalue weighted by Crippen LogP contribution is 2.49. The van der Waals surface area contributed by atoms with Gasteiger partial charge in [-0.15, -0.1) is 0 Å². The van der Waals surface area contributed by atoms with Crippen molar-refractivity contribution in [3.63, 3.8) is 0 Å². The van der Waals surface area contributed by atoms with Crippen LogP contribution in [0.3, 0.4) is 0 Å². The Labute approximate surface area is 292 Å². The molecule has 0 saturated heterocycles. The van der Waals surface area contributed by atoms with Crippen LogP contribution in [0, 0.1) is 0 Å². The summed E-state index contributed by atoms with van der Waals surface area (Å²) in [5, 5.41) is 10.3. The van der Waals surface area contributed by atoms with Crippen LogP contribution in [0.15, 0.2) is 178 Å². The largest absolute Gasteiger partial charge is 0.455 e. The predicted octanol–water partition coefficient (Wildman–Crippen LogP) is 10.7. The SMILES string of the molecule is c1ccc(C2=NC(n3c4ccccc4c4c5oc6ccccc6c5c5c6ccccc6n(-c6ccccc6)c5c43)N=C(c3ccccc3)N2)cc1. The van der Waals surface area contributed by atoms with Crippen LogP contribution in [0.25, 0.3) is 71.2 Å². The molecule has 0 amide bonds. The third kappa shape index (κ3) is 4.04. The molecule has 6 nitrogen and oxygen atoms in total. The second kappa shape index (κ2) is 10.8. The smallest absolute Gasteiger partial charge is 0.225 e. The van der Waals surface area contributed by atoms with Crippen LogP contribution in [0.2, 0.25) is 0 Å². The highest BCUT2D eigenvalue weighted by Gasteiger charge is 2.30. The summed E-state index contributed by atoms with van der Waals surface area (Å²) in [7, 11) is 0. The van der Waals surface area contributed by atoms with Crippen molar-refractivity contribution in [2.75, 3.05) is 0 Å². The molecule has 11 rings (SSSR count). The van der Waals surface area contributed by atoms with Crippen LogP contribution in [-0.2, 0) is 0 Å². The van der Waals surface area contributed by atoms with Gasteiger partial charge in [0, 0.05) is 43.7 Å². The average molecular weight is 656 g/mol. The summed E-state index contributed by atoms with van der Waals surface area (Å²) in [6.45, 7) is 0. The Hall–Kier alpha value is -6.92. The van der Waals surface area contributed by atoms with Crippen LogP contribution < -0.4 is 5.32 Å². The molecule has 51 heavy (non-hydrogen) atoms. The first-order chi connectivity index (χ1) is 25.3. The van der Waals surface area contributed by atoms with E-state index in [0.29, 0.717) is 0 Å². The minimum atomic E-state index is -0.619. The molecule has 1 aliphatic rings. The Morgan fingerprint density at radius 1 is 0.471 bits per heavy atom. The maximum absolute atomic E-state index is 6.92. The number of aliphatic imine (C=N–C) groups is 2. The van der Waals surface area contributed by atoms with Crippen LogP contribution in [0.5, 0.6) is 0 Å². The molecule has 1 aliphatic heterocycles. The van der Waals surface area contributed by atoms with E-state index in [9.17, 15) is 0 Å². The number of rotatable bonds is 4. The number of nitrogens with zero attached hydrogens (tertiary/aromatic N) is 4. The summed E-state index contributed by atoms with van der Waals surface area (Å²) in [4.78, 5) is 10.8. The summed E-state index contributed by atoms with van der Waals surface area (Å²) in [5.41, 5.74) is 9.10. The predicted molar refractivity (Wildman–Crippen MR) is 209 cm³/mol. The van der Waals surface area contributed by atoms with E-state index in [4.69, 9.17) is 14.4 Å². The van der Waals surface area contributed by atoms with E-state index in [0.717, 1.165) is 88.6 Å². The highest BCUT2D eigenvalue weighted by molar-refractivity contribution is 6.39. The van der Waals surface area contributed by atoms with Gasteiger partial charge >= 0.3 is 0 Å². The molecule has 1 N–H and O–H groups in total. The highest BCUT2D eigenvalue weighted by atomic mass is 16.3. The molecule has 7 aromatic carbocycles. The number of hydrogen-bond acceptors (Lipinski definition) is 4. The van der Waals surface area contributed by atoms with E-state index in [1.54, 1.807) is 0 Å². The van der Waals surface area contributed by atoms with Gasteiger partial charge in [0.05, 0.1) is 27.5 Å². The maximum atomic E-state index is 6.92. The molecule has 0 unspecified atom stereocenters. The molecule has 0 atom stereocenters. The van der Waals surface area contributed by atoms with Gasteiger partial charge in [-0.05, 0) is 30.3 Å². The lowest BCUT2D eigenvalue weighted by Crippen LogP contribution is -2.36. The molecule has 0 spiro atoms. The van der Waals surface area contributed by atoms with Gasteiger partial charge in [0.2, 0.25) is 6.29 Å². The Kier molecular flexibility index (Phi) is 5.92. The first kappa shape index (κ1) is 28.0. The van der Waals surface area contributed by atoms with Crippen molar-refractivity contribution >= 4 is 77.2 Å². The van der Waals surface area contributed by atoms with Crippen LogP contribution in [0.1, 0.15) is 17.4 Å². The van der Waals surface area contributed by atoms with Gasteiger partial charge in [-0.3, -0.25) is 4.57 Å². The van der Waals surface area contributed by atoms with E-state index in [2.05, 4.69) is 136 Å². The standard InChI is InChI=1S/C45H29N5O/c1-4-16-28(17-5-1)43-46-44(29-18-6-2-7-19-29)48-45(47-43)50-35-26-14-11-23-32(35)39-41(50)40-37(38-33-24-12-15-27-36(33)51-42(38)39)31-22-10-13-25-34(31)49(40)30-20-8-3-9-21-30/h1-27,45H,(H,46,47,48). The summed E-state index contributed by atoms with van der Waals surface area (Å²) >= 11 is 0. The fraction of sp³-hybridized carbons (Fsp3) is 0.0222. The molecule has 0 saturated carbocycles. The maximum Gasteiger partial charge on any atom is 0.225 e. The number of nitrogens with one attached hydrogen (secondary N) is 1. The van der Waals surface area contributed by atoms with Crippen LogP contribution in [0.4, 0.5) is 0 Å². The van der Waals surface area contributed by atoms with Crippen LogP contribution >= 0.6 is 0 Å². The zero-order valence-corrected chi connectivity index (χ0v) is 27.4. The Balaban J connectivity index is 1.38. The Bertz CT molecular complexity index is 2990. The normalized spacial score (nSPS) is 13.8.